The highest BCUT2D eigenvalue weighted by molar-refractivity contribution is 5.89. The maximum atomic E-state index is 12.9. The van der Waals surface area contributed by atoms with Gasteiger partial charge in [-0.1, -0.05) is 55.3 Å². The average Bonchev–Trinajstić information content (AvgIpc) is 3.66. The topological polar surface area (TPSA) is 115 Å². The number of para-hydroxylation sites is 2. The summed E-state index contributed by atoms with van der Waals surface area (Å²) in [5.41, 5.74) is 7.85. The number of benzene rings is 2. The number of amides is 1. The third-order valence-corrected chi connectivity index (χ3v) is 6.17. The van der Waals surface area contributed by atoms with E-state index in [1.54, 1.807) is 6.07 Å². The molecular formula is C26H29N3O4. The normalized spacial score (nSPS) is 16.2. The zero-order valence-corrected chi connectivity index (χ0v) is 18.5. The van der Waals surface area contributed by atoms with Gasteiger partial charge in [0.25, 0.3) is 0 Å². The van der Waals surface area contributed by atoms with Crippen molar-refractivity contribution in [1.29, 1.82) is 0 Å². The van der Waals surface area contributed by atoms with Crippen molar-refractivity contribution < 1.29 is 19.4 Å². The lowest BCUT2D eigenvalue weighted by Crippen LogP contribution is -2.37. The van der Waals surface area contributed by atoms with E-state index in [1.807, 2.05) is 48.5 Å². The zero-order valence-electron chi connectivity index (χ0n) is 18.5. The Balaban J connectivity index is 1.49. The van der Waals surface area contributed by atoms with E-state index in [2.05, 4.69) is 9.97 Å². The van der Waals surface area contributed by atoms with Crippen LogP contribution >= 0.6 is 0 Å². The Bertz CT molecular complexity index is 1100. The van der Waals surface area contributed by atoms with E-state index in [0.717, 1.165) is 12.0 Å². The SMILES string of the molecule is NC(=O)[C@H](CCC1CC1)C[C@H](O)[C@H](Cc1ccccc1)OC(=O)c1cnc2ccccc2n1. The molecule has 0 bridgehead atoms. The Labute approximate surface area is 193 Å². The highest BCUT2D eigenvalue weighted by Gasteiger charge is 2.31. The Kier molecular flexibility index (Phi) is 7.29. The lowest BCUT2D eigenvalue weighted by molar-refractivity contribution is -0.123. The maximum absolute atomic E-state index is 12.9. The molecule has 4 rings (SSSR count). The number of carbonyl (C=O) groups is 2. The summed E-state index contributed by atoms with van der Waals surface area (Å²) in [5, 5.41) is 11.0. The van der Waals surface area contributed by atoms with Crippen LogP contribution in [0.3, 0.4) is 0 Å². The molecule has 1 aromatic heterocycles. The van der Waals surface area contributed by atoms with Gasteiger partial charge in [0.2, 0.25) is 5.91 Å². The summed E-state index contributed by atoms with van der Waals surface area (Å²) in [7, 11) is 0. The number of aromatic nitrogens is 2. The molecule has 7 heteroatoms. The van der Waals surface area contributed by atoms with Crippen molar-refractivity contribution in [3.8, 4) is 0 Å². The quantitative estimate of drug-likeness (QED) is 0.435. The summed E-state index contributed by atoms with van der Waals surface area (Å²) in [5.74, 6) is -0.895. The van der Waals surface area contributed by atoms with Crippen LogP contribution in [0.4, 0.5) is 0 Å². The van der Waals surface area contributed by atoms with Gasteiger partial charge in [0, 0.05) is 12.3 Å². The van der Waals surface area contributed by atoms with E-state index in [0.29, 0.717) is 29.8 Å². The minimum Gasteiger partial charge on any atom is -0.454 e. The van der Waals surface area contributed by atoms with E-state index in [4.69, 9.17) is 10.5 Å². The predicted octanol–water partition coefficient (Wildman–Crippen LogP) is 3.44. The zero-order chi connectivity index (χ0) is 23.2. The number of aliphatic hydroxyl groups is 1. The minimum atomic E-state index is -1.04. The number of hydrogen-bond acceptors (Lipinski definition) is 6. The fraction of sp³-hybridized carbons (Fsp3) is 0.385. The van der Waals surface area contributed by atoms with E-state index in [-0.39, 0.29) is 12.1 Å². The van der Waals surface area contributed by atoms with Crippen molar-refractivity contribution in [3.05, 3.63) is 72.1 Å². The smallest absolute Gasteiger partial charge is 0.358 e. The van der Waals surface area contributed by atoms with E-state index in [1.165, 1.54) is 19.0 Å². The lowest BCUT2D eigenvalue weighted by atomic mass is 9.90. The van der Waals surface area contributed by atoms with Gasteiger partial charge in [0.1, 0.15) is 6.10 Å². The van der Waals surface area contributed by atoms with Crippen LogP contribution < -0.4 is 5.73 Å². The van der Waals surface area contributed by atoms with E-state index >= 15 is 0 Å². The number of aliphatic hydroxyl groups excluding tert-OH is 1. The van der Waals surface area contributed by atoms with Gasteiger partial charge in [0.05, 0.1) is 23.3 Å². The van der Waals surface area contributed by atoms with Crippen LogP contribution in [0.2, 0.25) is 0 Å². The Morgan fingerprint density at radius 1 is 1.06 bits per heavy atom. The second-order valence-corrected chi connectivity index (χ2v) is 8.80. The van der Waals surface area contributed by atoms with Gasteiger partial charge in [-0.3, -0.25) is 9.78 Å². The van der Waals surface area contributed by atoms with Gasteiger partial charge in [0.15, 0.2) is 5.69 Å². The molecule has 1 saturated carbocycles. The number of fused-ring (bicyclic) bond motifs is 1. The van der Waals surface area contributed by atoms with Crippen molar-refractivity contribution >= 4 is 22.9 Å². The summed E-state index contributed by atoms with van der Waals surface area (Å²) in [4.78, 5) is 33.5. The molecule has 1 aliphatic rings. The number of ether oxygens (including phenoxy) is 1. The molecule has 1 fully saturated rings. The highest BCUT2D eigenvalue weighted by Crippen LogP contribution is 2.35. The van der Waals surface area contributed by atoms with Crippen LogP contribution in [0.1, 0.15) is 48.2 Å². The molecule has 3 atom stereocenters. The number of hydrogen-bond donors (Lipinski definition) is 2. The van der Waals surface area contributed by atoms with Gasteiger partial charge in [-0.05, 0) is 42.9 Å². The Morgan fingerprint density at radius 2 is 1.76 bits per heavy atom. The Morgan fingerprint density at radius 3 is 2.45 bits per heavy atom. The van der Waals surface area contributed by atoms with E-state index < -0.39 is 30.0 Å². The summed E-state index contributed by atoms with van der Waals surface area (Å²) in [6.07, 6.45) is 3.88. The molecule has 3 aromatic rings. The number of nitrogens with two attached hydrogens (primary N) is 1. The fourth-order valence-electron chi connectivity index (χ4n) is 4.02. The second kappa shape index (κ2) is 10.5. The molecule has 172 valence electrons. The predicted molar refractivity (Wildman–Crippen MR) is 124 cm³/mol. The maximum Gasteiger partial charge on any atom is 0.358 e. The third kappa shape index (κ3) is 6.35. The van der Waals surface area contributed by atoms with Crippen LogP contribution in [0.5, 0.6) is 0 Å². The highest BCUT2D eigenvalue weighted by atomic mass is 16.6. The molecular weight excluding hydrogens is 418 g/mol. The second-order valence-electron chi connectivity index (χ2n) is 8.80. The molecule has 3 N–H and O–H groups in total. The molecule has 0 aliphatic heterocycles. The van der Waals surface area contributed by atoms with Gasteiger partial charge in [-0.25, -0.2) is 9.78 Å². The largest absolute Gasteiger partial charge is 0.454 e. The average molecular weight is 448 g/mol. The molecule has 0 unspecified atom stereocenters. The van der Waals surface area contributed by atoms with Gasteiger partial charge < -0.3 is 15.6 Å². The molecule has 0 radical (unpaired) electrons. The summed E-state index contributed by atoms with van der Waals surface area (Å²) in [6, 6.07) is 16.7. The first-order chi connectivity index (χ1) is 16.0. The van der Waals surface area contributed by atoms with Crippen LogP contribution in [0, 0.1) is 11.8 Å². The van der Waals surface area contributed by atoms with Crippen molar-refractivity contribution in [3.63, 3.8) is 0 Å². The molecule has 0 spiro atoms. The summed E-state index contributed by atoms with van der Waals surface area (Å²) < 4.78 is 5.73. The fourth-order valence-corrected chi connectivity index (χ4v) is 4.02. The molecule has 33 heavy (non-hydrogen) atoms. The minimum absolute atomic E-state index is 0.0687. The van der Waals surface area contributed by atoms with Crippen LogP contribution in [-0.4, -0.2) is 39.2 Å². The lowest BCUT2D eigenvalue weighted by Gasteiger charge is -2.26. The molecule has 7 nitrogen and oxygen atoms in total. The molecule has 1 heterocycles. The van der Waals surface area contributed by atoms with Crippen molar-refractivity contribution in [1.82, 2.24) is 9.97 Å². The van der Waals surface area contributed by atoms with Gasteiger partial charge in [-0.2, -0.15) is 0 Å². The molecule has 0 saturated heterocycles. The number of primary amides is 1. The monoisotopic (exact) mass is 447 g/mol. The molecule has 1 aliphatic carbocycles. The van der Waals surface area contributed by atoms with E-state index in [9.17, 15) is 14.7 Å². The number of carbonyl (C=O) groups excluding carboxylic acids is 2. The Hall–Kier alpha value is -3.32. The first kappa shape index (κ1) is 22.9. The number of rotatable bonds is 11. The van der Waals surface area contributed by atoms with Crippen LogP contribution in [0.25, 0.3) is 11.0 Å². The first-order valence-electron chi connectivity index (χ1n) is 11.4. The van der Waals surface area contributed by atoms with Gasteiger partial charge >= 0.3 is 5.97 Å². The summed E-state index contributed by atoms with van der Waals surface area (Å²) in [6.45, 7) is 0. The summed E-state index contributed by atoms with van der Waals surface area (Å²) >= 11 is 0. The van der Waals surface area contributed by atoms with Crippen molar-refractivity contribution in [2.75, 3.05) is 0 Å². The van der Waals surface area contributed by atoms with Crippen molar-refractivity contribution in [2.24, 2.45) is 17.6 Å². The standard InChI is InChI=1S/C26H29N3O4/c27-25(31)19(13-12-17-10-11-17)15-23(30)24(14-18-6-2-1-3-7-18)33-26(32)22-16-28-20-8-4-5-9-21(20)29-22/h1-9,16-17,19,23-24,30H,10-15H2,(H2,27,31)/t19-,23+,24+/m1/s1. The van der Waals surface area contributed by atoms with Gasteiger partial charge in [-0.15, -0.1) is 0 Å². The van der Waals surface area contributed by atoms with Crippen LogP contribution in [0.15, 0.2) is 60.8 Å². The third-order valence-electron chi connectivity index (χ3n) is 6.17. The number of nitrogens with zero attached hydrogens (tertiary/aromatic N) is 2. The molecule has 1 amide bonds. The first-order valence-corrected chi connectivity index (χ1v) is 11.4. The van der Waals surface area contributed by atoms with Crippen molar-refractivity contribution in [2.45, 2.75) is 50.7 Å². The number of esters is 1. The molecule has 2 aromatic carbocycles. The van der Waals surface area contributed by atoms with Crippen LogP contribution in [-0.2, 0) is 16.0 Å².